The number of fused-ring (bicyclic) bond motifs is 1. The molecule has 182 valence electrons. The van der Waals surface area contributed by atoms with E-state index in [0.717, 1.165) is 28.6 Å². The third-order valence-corrected chi connectivity index (χ3v) is 5.88. The van der Waals surface area contributed by atoms with Gasteiger partial charge in [0.15, 0.2) is 23.0 Å². The van der Waals surface area contributed by atoms with Gasteiger partial charge in [-0.2, -0.15) is 0 Å². The van der Waals surface area contributed by atoms with E-state index in [1.54, 1.807) is 37.4 Å². The lowest BCUT2D eigenvalue weighted by molar-refractivity contribution is 0.105. The van der Waals surface area contributed by atoms with Crippen LogP contribution in [0.4, 0.5) is 4.39 Å². The van der Waals surface area contributed by atoms with Crippen molar-refractivity contribution in [3.63, 3.8) is 0 Å². The number of aliphatic hydroxyl groups excluding tert-OH is 1. The first-order valence-corrected chi connectivity index (χ1v) is 11.3. The molecule has 0 saturated carbocycles. The fraction of sp³-hybridized carbons (Fsp3) is 0.280. The van der Waals surface area contributed by atoms with Gasteiger partial charge in [0, 0.05) is 6.54 Å². The highest BCUT2D eigenvalue weighted by Gasteiger charge is 2.19. The fourth-order valence-electron chi connectivity index (χ4n) is 3.51. The van der Waals surface area contributed by atoms with Crippen LogP contribution in [-0.4, -0.2) is 32.2 Å². The molecule has 0 amide bonds. The normalized spacial score (nSPS) is 12.7. The van der Waals surface area contributed by atoms with E-state index in [0.29, 0.717) is 35.1 Å². The van der Waals surface area contributed by atoms with E-state index in [1.165, 1.54) is 12.1 Å². The van der Waals surface area contributed by atoms with E-state index >= 15 is 0 Å². The summed E-state index contributed by atoms with van der Waals surface area (Å²) in [7, 11) is 1.58. The van der Waals surface area contributed by atoms with Crippen molar-refractivity contribution in [2.24, 2.45) is 0 Å². The fourth-order valence-corrected chi connectivity index (χ4v) is 4.11. The number of benzene rings is 3. The SMILES string of the molecule is COc1cc(CNCCc2ccc(F)cc2)cc(Br)c1OCC(O)c1ccc2c(c1)OCO2.Cl. The van der Waals surface area contributed by atoms with Crippen molar-refractivity contribution in [1.82, 2.24) is 5.32 Å². The van der Waals surface area contributed by atoms with Crippen molar-refractivity contribution in [3.8, 4) is 23.0 Å². The van der Waals surface area contributed by atoms with Crippen molar-refractivity contribution in [1.29, 1.82) is 0 Å². The molecule has 34 heavy (non-hydrogen) atoms. The van der Waals surface area contributed by atoms with Gasteiger partial charge in [0.1, 0.15) is 18.5 Å². The molecule has 0 saturated heterocycles. The summed E-state index contributed by atoms with van der Waals surface area (Å²) in [5, 5.41) is 13.9. The summed E-state index contributed by atoms with van der Waals surface area (Å²) in [5.74, 6) is 2.14. The van der Waals surface area contributed by atoms with E-state index in [1.807, 2.05) is 12.1 Å². The van der Waals surface area contributed by atoms with E-state index in [2.05, 4.69) is 21.2 Å². The molecule has 4 rings (SSSR count). The predicted molar refractivity (Wildman–Crippen MR) is 133 cm³/mol. The monoisotopic (exact) mass is 553 g/mol. The Hall–Kier alpha value is -2.52. The minimum atomic E-state index is -0.844. The van der Waals surface area contributed by atoms with Crippen molar-refractivity contribution in [2.75, 3.05) is 27.1 Å². The minimum Gasteiger partial charge on any atom is -0.493 e. The van der Waals surface area contributed by atoms with Gasteiger partial charge in [-0.25, -0.2) is 4.39 Å². The Bertz CT molecular complexity index is 1100. The Morgan fingerprint density at radius 2 is 1.82 bits per heavy atom. The second-order valence-corrected chi connectivity index (χ2v) is 8.46. The maximum atomic E-state index is 13.0. The number of nitrogens with one attached hydrogen (secondary N) is 1. The van der Waals surface area contributed by atoms with E-state index in [4.69, 9.17) is 18.9 Å². The van der Waals surface area contributed by atoms with Gasteiger partial charge in [0.2, 0.25) is 6.79 Å². The first kappa shape index (κ1) is 26.1. The van der Waals surface area contributed by atoms with Gasteiger partial charge in [-0.1, -0.05) is 18.2 Å². The molecular weight excluding hydrogens is 529 g/mol. The topological polar surface area (TPSA) is 69.2 Å². The molecular formula is C25H26BrClFNO5. The minimum absolute atomic E-state index is 0. The molecule has 0 spiro atoms. The third kappa shape index (κ3) is 6.54. The van der Waals surface area contributed by atoms with Crippen LogP contribution in [0.3, 0.4) is 0 Å². The van der Waals surface area contributed by atoms with Crippen LogP contribution in [0.2, 0.25) is 0 Å². The number of aliphatic hydroxyl groups is 1. The predicted octanol–water partition coefficient (Wildman–Crippen LogP) is 5.19. The summed E-state index contributed by atoms with van der Waals surface area (Å²) < 4.78 is 35.8. The third-order valence-electron chi connectivity index (χ3n) is 5.29. The molecule has 0 aromatic heterocycles. The molecule has 0 aliphatic carbocycles. The van der Waals surface area contributed by atoms with E-state index in [9.17, 15) is 9.50 Å². The number of methoxy groups -OCH3 is 1. The Labute approximate surface area is 212 Å². The molecule has 2 N–H and O–H groups in total. The lowest BCUT2D eigenvalue weighted by atomic mass is 10.1. The van der Waals surface area contributed by atoms with Crippen LogP contribution in [0, 0.1) is 5.82 Å². The van der Waals surface area contributed by atoms with Gasteiger partial charge >= 0.3 is 0 Å². The van der Waals surface area contributed by atoms with Crippen LogP contribution < -0.4 is 24.3 Å². The molecule has 0 radical (unpaired) electrons. The summed E-state index contributed by atoms with van der Waals surface area (Å²) >= 11 is 3.55. The van der Waals surface area contributed by atoms with Crippen molar-refractivity contribution in [2.45, 2.75) is 19.1 Å². The van der Waals surface area contributed by atoms with Crippen LogP contribution in [0.15, 0.2) is 59.1 Å². The number of halogens is 3. The van der Waals surface area contributed by atoms with Crippen LogP contribution in [0.5, 0.6) is 23.0 Å². The number of hydrogen-bond acceptors (Lipinski definition) is 6. The Morgan fingerprint density at radius 1 is 1.06 bits per heavy atom. The molecule has 0 bridgehead atoms. The summed E-state index contributed by atoms with van der Waals surface area (Å²) in [4.78, 5) is 0. The molecule has 0 fully saturated rings. The highest BCUT2D eigenvalue weighted by atomic mass is 79.9. The van der Waals surface area contributed by atoms with Gasteiger partial charge in [-0.3, -0.25) is 0 Å². The lowest BCUT2D eigenvalue weighted by Crippen LogP contribution is -2.17. The van der Waals surface area contributed by atoms with Crippen LogP contribution in [-0.2, 0) is 13.0 Å². The number of ether oxygens (including phenoxy) is 4. The second-order valence-electron chi connectivity index (χ2n) is 7.60. The van der Waals surface area contributed by atoms with Crippen LogP contribution in [0.25, 0.3) is 0 Å². The standard InChI is InChI=1S/C25H25BrFNO5.ClH/c1-30-24-11-17(13-28-9-8-16-2-5-19(27)6-3-16)10-20(26)25(24)31-14-21(29)18-4-7-22-23(12-18)33-15-32-22;/h2-7,10-12,21,28-29H,8-9,13-15H2,1H3;1H. The highest BCUT2D eigenvalue weighted by Crippen LogP contribution is 2.38. The zero-order valence-electron chi connectivity index (χ0n) is 18.6. The average molecular weight is 555 g/mol. The maximum Gasteiger partial charge on any atom is 0.231 e. The molecule has 6 nitrogen and oxygen atoms in total. The van der Waals surface area contributed by atoms with Gasteiger partial charge in [0.05, 0.1) is 11.6 Å². The van der Waals surface area contributed by atoms with Crippen molar-refractivity contribution < 1.29 is 28.4 Å². The number of hydrogen-bond donors (Lipinski definition) is 2. The maximum absolute atomic E-state index is 13.0. The van der Waals surface area contributed by atoms with Gasteiger partial charge < -0.3 is 29.4 Å². The van der Waals surface area contributed by atoms with Gasteiger partial charge in [-0.05, 0) is 82.0 Å². The van der Waals surface area contributed by atoms with Gasteiger partial charge in [-0.15, -0.1) is 12.4 Å². The Balaban J connectivity index is 0.00000324. The molecule has 1 unspecified atom stereocenters. The Morgan fingerprint density at radius 3 is 2.59 bits per heavy atom. The molecule has 1 atom stereocenters. The first-order chi connectivity index (χ1) is 16.0. The molecule has 3 aromatic rings. The molecule has 1 aliphatic heterocycles. The largest absolute Gasteiger partial charge is 0.493 e. The highest BCUT2D eigenvalue weighted by molar-refractivity contribution is 9.10. The summed E-state index contributed by atoms with van der Waals surface area (Å²) in [6.07, 6.45) is -0.0405. The van der Waals surface area contributed by atoms with Crippen LogP contribution in [0.1, 0.15) is 22.8 Å². The summed E-state index contributed by atoms with van der Waals surface area (Å²) in [5.41, 5.74) is 2.77. The second kappa shape index (κ2) is 12.3. The van der Waals surface area contributed by atoms with Gasteiger partial charge in [0.25, 0.3) is 0 Å². The first-order valence-electron chi connectivity index (χ1n) is 10.6. The van der Waals surface area contributed by atoms with E-state index in [-0.39, 0.29) is 31.6 Å². The number of rotatable bonds is 10. The zero-order chi connectivity index (χ0) is 23.2. The summed E-state index contributed by atoms with van der Waals surface area (Å²) in [6, 6.07) is 15.7. The summed E-state index contributed by atoms with van der Waals surface area (Å²) in [6.45, 7) is 1.62. The zero-order valence-corrected chi connectivity index (χ0v) is 21.0. The molecule has 9 heteroatoms. The Kier molecular flexibility index (Phi) is 9.41. The van der Waals surface area contributed by atoms with Crippen LogP contribution >= 0.6 is 28.3 Å². The lowest BCUT2D eigenvalue weighted by Gasteiger charge is -2.17. The van der Waals surface area contributed by atoms with E-state index < -0.39 is 6.10 Å². The quantitative estimate of drug-likeness (QED) is 0.336. The molecule has 1 aliphatic rings. The average Bonchev–Trinajstić information content (AvgIpc) is 3.29. The smallest absolute Gasteiger partial charge is 0.231 e. The van der Waals surface area contributed by atoms with Crippen molar-refractivity contribution >= 4 is 28.3 Å². The van der Waals surface area contributed by atoms with Crippen molar-refractivity contribution in [3.05, 3.63) is 81.6 Å². The molecule has 1 heterocycles. The molecule has 3 aromatic carbocycles.